The maximum absolute atomic E-state index is 5.77. The van der Waals surface area contributed by atoms with E-state index < -0.39 is 0 Å². The molecule has 0 atom stereocenters. The van der Waals surface area contributed by atoms with Crippen LogP contribution in [0, 0.1) is 0 Å². The first kappa shape index (κ1) is 15.8. The molecule has 0 amide bonds. The zero-order chi connectivity index (χ0) is 15.3. The molecule has 0 saturated carbocycles. The van der Waals surface area contributed by atoms with Crippen LogP contribution in [0.15, 0.2) is 29.4 Å². The number of hydrogen-bond donors (Lipinski definition) is 0. The van der Waals surface area contributed by atoms with Crippen molar-refractivity contribution in [3.05, 3.63) is 29.8 Å². The van der Waals surface area contributed by atoms with E-state index in [0.717, 1.165) is 23.1 Å². The minimum atomic E-state index is -0.109. The first-order chi connectivity index (χ1) is 10.0. The van der Waals surface area contributed by atoms with Gasteiger partial charge in [-0.15, -0.1) is 5.10 Å². The fourth-order valence-corrected chi connectivity index (χ4v) is 2.71. The Balaban J connectivity index is 1.84. The molecule has 0 unspecified atom stereocenters. The van der Waals surface area contributed by atoms with Crippen LogP contribution in [0.3, 0.4) is 0 Å². The molecule has 0 radical (unpaired) electrons. The summed E-state index contributed by atoms with van der Waals surface area (Å²) < 4.78 is 7.62. The van der Waals surface area contributed by atoms with Crippen LogP contribution < -0.4 is 4.74 Å². The van der Waals surface area contributed by atoms with Gasteiger partial charge in [0.05, 0.1) is 12.1 Å². The molecule has 0 aliphatic carbocycles. The summed E-state index contributed by atoms with van der Waals surface area (Å²) in [7, 11) is 0. The van der Waals surface area contributed by atoms with E-state index in [2.05, 4.69) is 55.4 Å². The summed E-state index contributed by atoms with van der Waals surface area (Å²) in [5.74, 6) is 1.73. The zero-order valence-electron chi connectivity index (χ0n) is 13.0. The van der Waals surface area contributed by atoms with E-state index in [-0.39, 0.29) is 5.54 Å². The summed E-state index contributed by atoms with van der Waals surface area (Å²) in [6.07, 6.45) is 1.02. The average Bonchev–Trinajstić information content (AvgIpc) is 2.92. The van der Waals surface area contributed by atoms with Crippen LogP contribution in [0.2, 0.25) is 0 Å². The molecule has 2 aromatic rings. The first-order valence-corrected chi connectivity index (χ1v) is 8.12. The number of hydrogen-bond acceptors (Lipinski definition) is 5. The van der Waals surface area contributed by atoms with Gasteiger partial charge in [-0.3, -0.25) is 0 Å². The van der Waals surface area contributed by atoms with Gasteiger partial charge in [-0.2, -0.15) is 0 Å². The second kappa shape index (κ2) is 6.93. The maximum Gasteiger partial charge on any atom is 0.209 e. The predicted molar refractivity (Wildman–Crippen MR) is 84.9 cm³/mol. The lowest BCUT2D eigenvalue weighted by atomic mass is 10.1. The highest BCUT2D eigenvalue weighted by Crippen LogP contribution is 2.21. The largest absolute Gasteiger partial charge is 0.493 e. The van der Waals surface area contributed by atoms with Crippen molar-refractivity contribution in [1.29, 1.82) is 0 Å². The third-order valence-electron chi connectivity index (χ3n) is 2.97. The number of aryl methyl sites for hydroxylation is 1. The molecule has 5 nitrogen and oxygen atoms in total. The molecule has 0 bridgehead atoms. The van der Waals surface area contributed by atoms with E-state index in [0.29, 0.717) is 6.61 Å². The smallest absolute Gasteiger partial charge is 0.209 e. The van der Waals surface area contributed by atoms with Crippen LogP contribution in [0.4, 0.5) is 0 Å². The molecule has 1 aromatic carbocycles. The molecule has 114 valence electrons. The number of aromatic nitrogens is 4. The van der Waals surface area contributed by atoms with Gasteiger partial charge in [-0.25, -0.2) is 4.68 Å². The van der Waals surface area contributed by atoms with Crippen molar-refractivity contribution in [1.82, 2.24) is 20.2 Å². The van der Waals surface area contributed by atoms with E-state index in [9.17, 15) is 0 Å². The predicted octanol–water partition coefficient (Wildman–Crippen LogP) is 3.16. The van der Waals surface area contributed by atoms with Crippen LogP contribution in [0.1, 0.15) is 33.3 Å². The molecule has 0 saturated heterocycles. The molecule has 1 heterocycles. The Morgan fingerprint density at radius 1 is 1.29 bits per heavy atom. The SMILES string of the molecule is CCc1cccc(OCCSc2nnnn2C(C)(C)C)c1. The van der Waals surface area contributed by atoms with Gasteiger partial charge in [0, 0.05) is 5.75 Å². The molecule has 0 aliphatic heterocycles. The fraction of sp³-hybridized carbons (Fsp3) is 0.533. The summed E-state index contributed by atoms with van der Waals surface area (Å²) in [5, 5.41) is 12.7. The van der Waals surface area contributed by atoms with Gasteiger partial charge in [-0.05, 0) is 55.3 Å². The van der Waals surface area contributed by atoms with E-state index >= 15 is 0 Å². The van der Waals surface area contributed by atoms with Crippen molar-refractivity contribution in [3.63, 3.8) is 0 Å². The van der Waals surface area contributed by atoms with E-state index in [1.54, 1.807) is 11.8 Å². The number of nitrogens with zero attached hydrogens (tertiary/aromatic N) is 4. The number of ether oxygens (including phenoxy) is 1. The highest BCUT2D eigenvalue weighted by atomic mass is 32.2. The molecule has 21 heavy (non-hydrogen) atoms. The molecule has 6 heteroatoms. The standard InChI is InChI=1S/C15H22N4OS/c1-5-12-7-6-8-13(11-12)20-9-10-21-14-16-17-18-19(14)15(2,3)4/h6-8,11H,5,9-10H2,1-4H3. The Hall–Kier alpha value is -1.56. The zero-order valence-corrected chi connectivity index (χ0v) is 13.9. The quantitative estimate of drug-likeness (QED) is 0.606. The third kappa shape index (κ3) is 4.46. The van der Waals surface area contributed by atoms with Crippen molar-refractivity contribution in [3.8, 4) is 5.75 Å². The minimum absolute atomic E-state index is 0.109. The normalized spacial score (nSPS) is 11.6. The van der Waals surface area contributed by atoms with Gasteiger partial charge < -0.3 is 4.74 Å². The summed E-state index contributed by atoms with van der Waals surface area (Å²) in [5.41, 5.74) is 1.18. The number of thioether (sulfide) groups is 1. The van der Waals surface area contributed by atoms with Crippen LogP contribution >= 0.6 is 11.8 Å². The molecule has 2 rings (SSSR count). The second-order valence-electron chi connectivity index (χ2n) is 5.74. The number of benzene rings is 1. The van der Waals surface area contributed by atoms with E-state index in [1.165, 1.54) is 5.56 Å². The van der Waals surface area contributed by atoms with Crippen molar-refractivity contribution in [2.45, 2.75) is 44.8 Å². The van der Waals surface area contributed by atoms with Gasteiger partial charge >= 0.3 is 0 Å². The Morgan fingerprint density at radius 3 is 2.81 bits per heavy atom. The van der Waals surface area contributed by atoms with Gasteiger partial charge in [0.15, 0.2) is 0 Å². The highest BCUT2D eigenvalue weighted by molar-refractivity contribution is 7.99. The monoisotopic (exact) mass is 306 g/mol. The van der Waals surface area contributed by atoms with E-state index in [4.69, 9.17) is 4.74 Å². The van der Waals surface area contributed by atoms with Gasteiger partial charge in [0.25, 0.3) is 0 Å². The third-order valence-corrected chi connectivity index (χ3v) is 3.85. The van der Waals surface area contributed by atoms with Crippen LogP contribution in [-0.4, -0.2) is 32.6 Å². The Bertz CT molecular complexity index is 577. The van der Waals surface area contributed by atoms with Crippen LogP contribution in [-0.2, 0) is 12.0 Å². The summed E-state index contributed by atoms with van der Waals surface area (Å²) in [4.78, 5) is 0. The van der Waals surface area contributed by atoms with Gasteiger partial charge in [0.2, 0.25) is 5.16 Å². The summed E-state index contributed by atoms with van der Waals surface area (Å²) in [6.45, 7) is 9.02. The molecule has 0 fully saturated rings. The van der Waals surface area contributed by atoms with Crippen molar-refractivity contribution in [2.24, 2.45) is 0 Å². The molecule has 0 N–H and O–H groups in total. The fourth-order valence-electron chi connectivity index (χ4n) is 1.84. The maximum atomic E-state index is 5.77. The first-order valence-electron chi connectivity index (χ1n) is 7.14. The number of rotatable bonds is 6. The number of tetrazole rings is 1. The second-order valence-corrected chi connectivity index (χ2v) is 6.80. The highest BCUT2D eigenvalue weighted by Gasteiger charge is 2.19. The summed E-state index contributed by atoms with van der Waals surface area (Å²) in [6, 6.07) is 8.22. The Morgan fingerprint density at radius 2 is 2.10 bits per heavy atom. The van der Waals surface area contributed by atoms with Gasteiger partial charge in [0.1, 0.15) is 5.75 Å². The Labute approximate surface area is 130 Å². The van der Waals surface area contributed by atoms with Crippen LogP contribution in [0.25, 0.3) is 0 Å². The molecule has 0 spiro atoms. The lowest BCUT2D eigenvalue weighted by Crippen LogP contribution is -2.24. The van der Waals surface area contributed by atoms with Gasteiger partial charge in [-0.1, -0.05) is 30.8 Å². The topological polar surface area (TPSA) is 52.8 Å². The van der Waals surface area contributed by atoms with Crippen LogP contribution in [0.5, 0.6) is 5.75 Å². The minimum Gasteiger partial charge on any atom is -0.493 e. The van der Waals surface area contributed by atoms with E-state index in [1.807, 2.05) is 16.8 Å². The molecule has 1 aromatic heterocycles. The van der Waals surface area contributed by atoms with Crippen molar-refractivity contribution >= 4 is 11.8 Å². The lowest BCUT2D eigenvalue weighted by Gasteiger charge is -2.19. The molecular weight excluding hydrogens is 284 g/mol. The average molecular weight is 306 g/mol. The molecule has 0 aliphatic rings. The van der Waals surface area contributed by atoms with Crippen molar-refractivity contribution < 1.29 is 4.74 Å². The lowest BCUT2D eigenvalue weighted by molar-refractivity contribution is 0.320. The summed E-state index contributed by atoms with van der Waals surface area (Å²) >= 11 is 1.61. The Kier molecular flexibility index (Phi) is 5.22. The van der Waals surface area contributed by atoms with Crippen molar-refractivity contribution in [2.75, 3.05) is 12.4 Å². The molecular formula is C15H22N4OS.